The molecule has 2 aromatic rings. The number of pyridine rings is 1. The summed E-state index contributed by atoms with van der Waals surface area (Å²) in [5.74, 6) is 0.254. The number of rotatable bonds is 3. The molecule has 0 aliphatic carbocycles. The number of likely N-dealkylation sites (N-methyl/N-ethyl adjacent to an activating group) is 1. The standard InChI is InChI=1S/C16H15N3O3/c1-19-13-7-12(4-5-14(13)22-10-15(19)20)16(21)18-9-11-3-2-6-17-8-11/h2-8H,9-10H2,1H3,(H,18,21). The highest BCUT2D eigenvalue weighted by Crippen LogP contribution is 2.31. The quantitative estimate of drug-likeness (QED) is 0.928. The van der Waals surface area contributed by atoms with Crippen LogP contribution in [0.2, 0.25) is 0 Å². The molecule has 0 spiro atoms. The SMILES string of the molecule is CN1C(=O)COc2ccc(C(=O)NCc3cccnc3)cc21. The molecule has 6 heteroatoms. The van der Waals surface area contributed by atoms with Crippen LogP contribution in [0.25, 0.3) is 0 Å². The van der Waals surface area contributed by atoms with Crippen molar-refractivity contribution in [3.63, 3.8) is 0 Å². The summed E-state index contributed by atoms with van der Waals surface area (Å²) in [4.78, 5) is 29.4. The number of nitrogens with one attached hydrogen (secondary N) is 1. The van der Waals surface area contributed by atoms with Crippen molar-refractivity contribution in [3.05, 3.63) is 53.9 Å². The van der Waals surface area contributed by atoms with Crippen LogP contribution >= 0.6 is 0 Å². The van der Waals surface area contributed by atoms with Crippen molar-refractivity contribution in [1.82, 2.24) is 10.3 Å². The molecule has 0 atom stereocenters. The summed E-state index contributed by atoms with van der Waals surface area (Å²) >= 11 is 0. The summed E-state index contributed by atoms with van der Waals surface area (Å²) in [5, 5.41) is 2.82. The number of hydrogen-bond acceptors (Lipinski definition) is 4. The predicted molar refractivity (Wildman–Crippen MR) is 80.8 cm³/mol. The highest BCUT2D eigenvalue weighted by atomic mass is 16.5. The van der Waals surface area contributed by atoms with Crippen LogP contribution in [0.15, 0.2) is 42.7 Å². The first kappa shape index (κ1) is 14.1. The first-order chi connectivity index (χ1) is 10.6. The van der Waals surface area contributed by atoms with Crippen LogP contribution in [0.5, 0.6) is 5.75 Å². The second-order valence-electron chi connectivity index (χ2n) is 4.97. The molecular weight excluding hydrogens is 282 g/mol. The van der Waals surface area contributed by atoms with Crippen LogP contribution in [0.1, 0.15) is 15.9 Å². The maximum Gasteiger partial charge on any atom is 0.264 e. The number of carbonyl (C=O) groups excluding carboxylic acids is 2. The largest absolute Gasteiger partial charge is 0.482 e. The Bertz CT molecular complexity index is 716. The number of amides is 2. The third-order valence-electron chi connectivity index (χ3n) is 3.48. The van der Waals surface area contributed by atoms with Crippen molar-refractivity contribution in [2.75, 3.05) is 18.6 Å². The van der Waals surface area contributed by atoms with Gasteiger partial charge in [-0.2, -0.15) is 0 Å². The molecule has 2 heterocycles. The summed E-state index contributed by atoms with van der Waals surface area (Å²) in [5.41, 5.74) is 2.00. The molecule has 22 heavy (non-hydrogen) atoms. The van der Waals surface area contributed by atoms with Gasteiger partial charge in [-0.25, -0.2) is 0 Å². The van der Waals surface area contributed by atoms with Crippen LogP contribution in [-0.2, 0) is 11.3 Å². The van der Waals surface area contributed by atoms with Gasteiger partial charge >= 0.3 is 0 Å². The number of nitrogens with zero attached hydrogens (tertiary/aromatic N) is 2. The summed E-state index contributed by atoms with van der Waals surface area (Å²) in [6, 6.07) is 8.75. The average Bonchev–Trinajstić information content (AvgIpc) is 2.57. The van der Waals surface area contributed by atoms with Crippen molar-refractivity contribution in [1.29, 1.82) is 0 Å². The van der Waals surface area contributed by atoms with E-state index in [9.17, 15) is 9.59 Å². The molecule has 1 aliphatic rings. The van der Waals surface area contributed by atoms with Gasteiger partial charge in [-0.15, -0.1) is 0 Å². The first-order valence-corrected chi connectivity index (χ1v) is 6.85. The van der Waals surface area contributed by atoms with E-state index in [0.29, 0.717) is 23.5 Å². The van der Waals surface area contributed by atoms with E-state index < -0.39 is 0 Å². The molecule has 0 radical (unpaired) electrons. The predicted octanol–water partition coefficient (Wildman–Crippen LogP) is 1.37. The summed E-state index contributed by atoms with van der Waals surface area (Å²) in [7, 11) is 1.67. The Morgan fingerprint density at radius 2 is 2.27 bits per heavy atom. The van der Waals surface area contributed by atoms with Crippen LogP contribution in [0.3, 0.4) is 0 Å². The molecular formula is C16H15N3O3. The minimum Gasteiger partial charge on any atom is -0.482 e. The van der Waals surface area contributed by atoms with Crippen molar-refractivity contribution < 1.29 is 14.3 Å². The lowest BCUT2D eigenvalue weighted by molar-refractivity contribution is -0.120. The molecule has 0 unspecified atom stereocenters. The number of hydrogen-bond donors (Lipinski definition) is 1. The number of carbonyl (C=O) groups is 2. The Kier molecular flexibility index (Phi) is 3.74. The van der Waals surface area contributed by atoms with E-state index >= 15 is 0 Å². The Labute approximate surface area is 127 Å². The molecule has 3 rings (SSSR count). The lowest BCUT2D eigenvalue weighted by atomic mass is 10.1. The fraction of sp³-hybridized carbons (Fsp3) is 0.188. The molecule has 2 amide bonds. The second kappa shape index (κ2) is 5.85. The van der Waals surface area contributed by atoms with Gasteiger partial charge in [0.1, 0.15) is 5.75 Å². The van der Waals surface area contributed by atoms with Crippen molar-refractivity contribution in [2.45, 2.75) is 6.54 Å². The zero-order valence-corrected chi connectivity index (χ0v) is 12.1. The van der Waals surface area contributed by atoms with E-state index in [1.807, 2.05) is 12.1 Å². The minimum absolute atomic E-state index is 0.0239. The van der Waals surface area contributed by atoms with Gasteiger partial charge in [-0.05, 0) is 29.8 Å². The number of benzene rings is 1. The number of aromatic nitrogens is 1. The third kappa shape index (κ3) is 2.76. The monoisotopic (exact) mass is 297 g/mol. The zero-order valence-electron chi connectivity index (χ0n) is 12.1. The van der Waals surface area contributed by atoms with E-state index in [4.69, 9.17) is 4.74 Å². The molecule has 1 aliphatic heterocycles. The number of ether oxygens (including phenoxy) is 1. The third-order valence-corrected chi connectivity index (χ3v) is 3.48. The normalized spacial score (nSPS) is 13.3. The molecule has 1 aromatic heterocycles. The molecule has 0 fully saturated rings. The van der Waals surface area contributed by atoms with Crippen molar-refractivity contribution >= 4 is 17.5 Å². The molecule has 1 aromatic carbocycles. The Morgan fingerprint density at radius 1 is 1.41 bits per heavy atom. The Morgan fingerprint density at radius 3 is 3.05 bits per heavy atom. The van der Waals surface area contributed by atoms with Gasteiger partial charge in [0.25, 0.3) is 11.8 Å². The van der Waals surface area contributed by atoms with Gasteiger partial charge in [0, 0.05) is 31.5 Å². The van der Waals surface area contributed by atoms with E-state index in [-0.39, 0.29) is 18.4 Å². The summed E-state index contributed by atoms with van der Waals surface area (Å²) < 4.78 is 5.34. The fourth-order valence-electron chi connectivity index (χ4n) is 2.20. The number of fused-ring (bicyclic) bond motifs is 1. The maximum absolute atomic E-state index is 12.2. The first-order valence-electron chi connectivity index (χ1n) is 6.85. The van der Waals surface area contributed by atoms with E-state index in [2.05, 4.69) is 10.3 Å². The molecule has 0 saturated heterocycles. The molecule has 0 saturated carbocycles. The van der Waals surface area contributed by atoms with E-state index in [1.165, 1.54) is 4.90 Å². The second-order valence-corrected chi connectivity index (χ2v) is 4.97. The fourth-order valence-corrected chi connectivity index (χ4v) is 2.20. The van der Waals surface area contributed by atoms with Gasteiger partial charge in [0.15, 0.2) is 6.61 Å². The zero-order chi connectivity index (χ0) is 15.5. The van der Waals surface area contributed by atoms with Gasteiger partial charge in [-0.1, -0.05) is 6.07 Å². The van der Waals surface area contributed by atoms with Crippen LogP contribution in [-0.4, -0.2) is 30.5 Å². The Balaban J connectivity index is 1.75. The highest BCUT2D eigenvalue weighted by Gasteiger charge is 2.23. The Hall–Kier alpha value is -2.89. The summed E-state index contributed by atoms with van der Waals surface area (Å²) in [6.07, 6.45) is 3.38. The molecule has 1 N–H and O–H groups in total. The van der Waals surface area contributed by atoms with E-state index in [1.54, 1.807) is 37.6 Å². The topological polar surface area (TPSA) is 71.5 Å². The minimum atomic E-state index is -0.210. The summed E-state index contributed by atoms with van der Waals surface area (Å²) in [6.45, 7) is 0.422. The van der Waals surface area contributed by atoms with Crippen LogP contribution in [0, 0.1) is 0 Å². The maximum atomic E-state index is 12.2. The van der Waals surface area contributed by atoms with Gasteiger partial charge in [0.2, 0.25) is 0 Å². The molecule has 112 valence electrons. The molecule has 6 nitrogen and oxygen atoms in total. The lowest BCUT2D eigenvalue weighted by Crippen LogP contribution is -2.35. The smallest absolute Gasteiger partial charge is 0.264 e. The average molecular weight is 297 g/mol. The van der Waals surface area contributed by atoms with Crippen LogP contribution in [0.4, 0.5) is 5.69 Å². The van der Waals surface area contributed by atoms with Gasteiger partial charge in [-0.3, -0.25) is 14.6 Å². The van der Waals surface area contributed by atoms with Crippen molar-refractivity contribution in [2.24, 2.45) is 0 Å². The van der Waals surface area contributed by atoms with Gasteiger partial charge in [0.05, 0.1) is 5.69 Å². The van der Waals surface area contributed by atoms with E-state index in [0.717, 1.165) is 5.56 Å². The van der Waals surface area contributed by atoms with Crippen LogP contribution < -0.4 is 15.0 Å². The molecule has 0 bridgehead atoms. The highest BCUT2D eigenvalue weighted by molar-refractivity contribution is 6.00. The number of anilines is 1. The lowest BCUT2D eigenvalue weighted by Gasteiger charge is -2.26. The van der Waals surface area contributed by atoms with Gasteiger partial charge < -0.3 is 15.0 Å². The van der Waals surface area contributed by atoms with Crippen molar-refractivity contribution in [3.8, 4) is 5.75 Å².